The van der Waals surface area contributed by atoms with Crippen molar-refractivity contribution in [1.82, 2.24) is 25.1 Å². The molecule has 0 aliphatic rings. The Hall–Kier alpha value is -2.72. The van der Waals surface area contributed by atoms with Crippen LogP contribution >= 0.6 is 11.6 Å². The summed E-state index contributed by atoms with van der Waals surface area (Å²) in [6.07, 6.45) is 3.94. The maximum atomic E-state index is 11.6. The standard InChI is InChI=1S/C13H12ClN7O2S/c1-24(22,23)10-3-2-7(4-9(10)14)19-13-16-5-8(11(15)20-13)12-17-6-18-21-12/h2-6H,1H3,(H,17,18,21)(H3,15,16,19,20). The zero-order chi connectivity index (χ0) is 17.3. The molecular weight excluding hydrogens is 354 g/mol. The van der Waals surface area contributed by atoms with Gasteiger partial charge in [-0.25, -0.2) is 18.4 Å². The molecule has 2 heterocycles. The van der Waals surface area contributed by atoms with Crippen molar-refractivity contribution in [2.45, 2.75) is 4.90 Å². The van der Waals surface area contributed by atoms with Gasteiger partial charge in [-0.05, 0) is 18.2 Å². The van der Waals surface area contributed by atoms with Crippen LogP contribution in [-0.4, -0.2) is 39.8 Å². The van der Waals surface area contributed by atoms with Crippen molar-refractivity contribution < 1.29 is 8.42 Å². The number of hydrogen-bond donors (Lipinski definition) is 3. The topological polar surface area (TPSA) is 140 Å². The molecule has 3 aromatic rings. The molecule has 0 spiro atoms. The van der Waals surface area contributed by atoms with Gasteiger partial charge in [-0.2, -0.15) is 10.1 Å². The third kappa shape index (κ3) is 3.29. The zero-order valence-corrected chi connectivity index (χ0v) is 13.9. The number of H-pyrrole nitrogens is 1. The van der Waals surface area contributed by atoms with Gasteiger partial charge >= 0.3 is 0 Å². The van der Waals surface area contributed by atoms with Gasteiger partial charge < -0.3 is 11.1 Å². The van der Waals surface area contributed by atoms with E-state index in [2.05, 4.69) is 30.5 Å². The molecule has 3 rings (SSSR count). The number of benzene rings is 1. The first-order valence-electron chi connectivity index (χ1n) is 6.59. The molecule has 4 N–H and O–H groups in total. The number of nitrogens with two attached hydrogens (primary N) is 1. The van der Waals surface area contributed by atoms with Crippen LogP contribution in [-0.2, 0) is 9.84 Å². The summed E-state index contributed by atoms with van der Waals surface area (Å²) in [4.78, 5) is 12.3. The van der Waals surface area contributed by atoms with Crippen LogP contribution in [0.3, 0.4) is 0 Å². The molecule has 0 fully saturated rings. The summed E-state index contributed by atoms with van der Waals surface area (Å²) in [7, 11) is -3.39. The lowest BCUT2D eigenvalue weighted by Gasteiger charge is -2.09. The number of halogens is 1. The van der Waals surface area contributed by atoms with Crippen molar-refractivity contribution in [1.29, 1.82) is 0 Å². The van der Waals surface area contributed by atoms with Crippen LogP contribution in [0.1, 0.15) is 0 Å². The van der Waals surface area contributed by atoms with Gasteiger partial charge in [0.05, 0.1) is 15.5 Å². The molecule has 0 saturated carbocycles. The highest BCUT2D eigenvalue weighted by molar-refractivity contribution is 7.90. The molecule has 0 saturated heterocycles. The molecule has 0 bridgehead atoms. The third-order valence-corrected chi connectivity index (χ3v) is 4.66. The Bertz CT molecular complexity index is 990. The maximum absolute atomic E-state index is 11.6. The summed E-state index contributed by atoms with van der Waals surface area (Å²) in [5.41, 5.74) is 6.94. The number of rotatable bonds is 4. The second-order valence-electron chi connectivity index (χ2n) is 4.87. The Labute approximate surface area is 142 Å². The van der Waals surface area contributed by atoms with E-state index in [-0.39, 0.29) is 21.7 Å². The lowest BCUT2D eigenvalue weighted by atomic mass is 10.3. The highest BCUT2D eigenvalue weighted by Gasteiger charge is 2.13. The highest BCUT2D eigenvalue weighted by atomic mass is 35.5. The van der Waals surface area contributed by atoms with E-state index in [1.165, 1.54) is 24.7 Å². The molecule has 1 aromatic carbocycles. The molecule has 0 radical (unpaired) electrons. The van der Waals surface area contributed by atoms with E-state index >= 15 is 0 Å². The van der Waals surface area contributed by atoms with Gasteiger partial charge in [0.2, 0.25) is 5.95 Å². The number of aromatic nitrogens is 5. The summed E-state index contributed by atoms with van der Waals surface area (Å²) < 4.78 is 23.1. The van der Waals surface area contributed by atoms with Crippen molar-refractivity contribution >= 4 is 38.9 Å². The lowest BCUT2D eigenvalue weighted by Crippen LogP contribution is -2.03. The van der Waals surface area contributed by atoms with Gasteiger partial charge in [0.25, 0.3) is 0 Å². The molecule has 24 heavy (non-hydrogen) atoms. The lowest BCUT2D eigenvalue weighted by molar-refractivity contribution is 0.602. The third-order valence-electron chi connectivity index (χ3n) is 3.08. The van der Waals surface area contributed by atoms with Crippen molar-refractivity contribution in [2.75, 3.05) is 17.3 Å². The number of nitrogens with one attached hydrogen (secondary N) is 2. The van der Waals surface area contributed by atoms with Crippen molar-refractivity contribution in [3.63, 3.8) is 0 Å². The number of nitrogen functional groups attached to an aromatic ring is 1. The molecule has 0 aliphatic heterocycles. The monoisotopic (exact) mass is 365 g/mol. The van der Waals surface area contributed by atoms with Crippen molar-refractivity contribution in [3.05, 3.63) is 35.7 Å². The van der Waals surface area contributed by atoms with Crippen LogP contribution < -0.4 is 11.1 Å². The molecule has 9 nitrogen and oxygen atoms in total. The number of aromatic amines is 1. The van der Waals surface area contributed by atoms with E-state index < -0.39 is 9.84 Å². The summed E-state index contributed by atoms with van der Waals surface area (Å²) in [5.74, 6) is 0.904. The highest BCUT2D eigenvalue weighted by Crippen LogP contribution is 2.27. The number of nitrogens with zero attached hydrogens (tertiary/aromatic N) is 4. The molecule has 0 atom stereocenters. The van der Waals surface area contributed by atoms with E-state index in [1.807, 2.05) is 0 Å². The summed E-state index contributed by atoms with van der Waals surface area (Å²) in [5, 5.41) is 9.43. The minimum absolute atomic E-state index is 0.0517. The van der Waals surface area contributed by atoms with Gasteiger partial charge in [-0.1, -0.05) is 11.6 Å². The van der Waals surface area contributed by atoms with Crippen LogP contribution in [0.2, 0.25) is 5.02 Å². The molecule has 0 aliphatic carbocycles. The predicted octanol–water partition coefficient (Wildman–Crippen LogP) is 1.64. The van der Waals surface area contributed by atoms with Crippen LogP contribution in [0, 0.1) is 0 Å². The second-order valence-corrected chi connectivity index (χ2v) is 7.26. The van der Waals surface area contributed by atoms with E-state index in [0.29, 0.717) is 17.1 Å². The summed E-state index contributed by atoms with van der Waals surface area (Å²) in [6.45, 7) is 0. The smallest absolute Gasteiger partial charge is 0.229 e. The quantitative estimate of drug-likeness (QED) is 0.633. The average Bonchev–Trinajstić information content (AvgIpc) is 3.00. The summed E-state index contributed by atoms with van der Waals surface area (Å²) in [6, 6.07) is 4.44. The molecule has 2 aromatic heterocycles. The Balaban J connectivity index is 1.87. The number of sulfone groups is 1. The van der Waals surface area contributed by atoms with E-state index in [4.69, 9.17) is 17.3 Å². The largest absolute Gasteiger partial charge is 0.383 e. The molecule has 0 unspecified atom stereocenters. The van der Waals surface area contributed by atoms with Crippen molar-refractivity contribution in [3.8, 4) is 11.4 Å². The minimum Gasteiger partial charge on any atom is -0.383 e. The number of hydrogen-bond acceptors (Lipinski definition) is 8. The molecule has 0 amide bonds. The maximum Gasteiger partial charge on any atom is 0.229 e. The Morgan fingerprint density at radius 3 is 2.67 bits per heavy atom. The average molecular weight is 366 g/mol. The van der Waals surface area contributed by atoms with Crippen LogP contribution in [0.15, 0.2) is 35.6 Å². The Morgan fingerprint density at radius 1 is 1.29 bits per heavy atom. The van der Waals surface area contributed by atoms with Gasteiger partial charge in [-0.15, -0.1) is 0 Å². The summed E-state index contributed by atoms with van der Waals surface area (Å²) >= 11 is 6.00. The first kappa shape index (κ1) is 16.1. The number of anilines is 3. The first-order valence-corrected chi connectivity index (χ1v) is 8.86. The van der Waals surface area contributed by atoms with E-state index in [9.17, 15) is 8.42 Å². The first-order chi connectivity index (χ1) is 11.3. The van der Waals surface area contributed by atoms with Crippen LogP contribution in [0.4, 0.5) is 17.5 Å². The molecule has 124 valence electrons. The van der Waals surface area contributed by atoms with Crippen LogP contribution in [0.25, 0.3) is 11.4 Å². The van der Waals surface area contributed by atoms with E-state index in [0.717, 1.165) is 6.26 Å². The van der Waals surface area contributed by atoms with E-state index in [1.54, 1.807) is 6.07 Å². The normalized spacial score (nSPS) is 11.4. The fourth-order valence-corrected chi connectivity index (χ4v) is 3.31. The SMILES string of the molecule is CS(=O)(=O)c1ccc(Nc2ncc(-c3ncn[nH]3)c(N)n2)cc1Cl. The van der Waals surface area contributed by atoms with Crippen LogP contribution in [0.5, 0.6) is 0 Å². The zero-order valence-electron chi connectivity index (χ0n) is 12.4. The minimum atomic E-state index is -3.39. The second kappa shape index (κ2) is 6.06. The van der Waals surface area contributed by atoms with Gasteiger partial charge in [0, 0.05) is 18.1 Å². The van der Waals surface area contributed by atoms with Gasteiger partial charge in [0.15, 0.2) is 15.7 Å². The Kier molecular flexibility index (Phi) is 4.08. The fourth-order valence-electron chi connectivity index (χ4n) is 1.98. The van der Waals surface area contributed by atoms with Gasteiger partial charge in [0.1, 0.15) is 12.1 Å². The van der Waals surface area contributed by atoms with Gasteiger partial charge in [-0.3, -0.25) is 5.10 Å². The predicted molar refractivity (Wildman–Crippen MR) is 89.7 cm³/mol. The van der Waals surface area contributed by atoms with Crippen molar-refractivity contribution in [2.24, 2.45) is 0 Å². The Morgan fingerprint density at radius 2 is 2.08 bits per heavy atom. The fraction of sp³-hybridized carbons (Fsp3) is 0.0769. The molecule has 11 heteroatoms. The molecular formula is C13H12ClN7O2S.